The smallest absolute Gasteiger partial charge is 0.162 e. The van der Waals surface area contributed by atoms with Crippen LogP contribution in [0.1, 0.15) is 5.56 Å². The van der Waals surface area contributed by atoms with E-state index < -0.39 is 0 Å². The van der Waals surface area contributed by atoms with E-state index in [1.54, 1.807) is 28.4 Å². The summed E-state index contributed by atoms with van der Waals surface area (Å²) in [6, 6.07) is 31.9. The molecule has 0 aliphatic carbocycles. The van der Waals surface area contributed by atoms with E-state index in [9.17, 15) is 0 Å². The minimum absolute atomic E-state index is 0.734. The van der Waals surface area contributed by atoms with Gasteiger partial charge in [-0.1, -0.05) is 0 Å². The maximum Gasteiger partial charge on any atom is 0.162 e. The van der Waals surface area contributed by atoms with Crippen molar-refractivity contribution in [3.05, 3.63) is 113 Å². The van der Waals surface area contributed by atoms with E-state index in [-0.39, 0.29) is 0 Å². The molecule has 0 saturated carbocycles. The largest absolute Gasteiger partial charge is 0.497 e. The van der Waals surface area contributed by atoms with Gasteiger partial charge in [-0.3, -0.25) is 4.90 Å². The first-order valence-electron chi connectivity index (χ1n) is 13.3. The van der Waals surface area contributed by atoms with Crippen molar-refractivity contribution in [3.63, 3.8) is 0 Å². The maximum atomic E-state index is 5.47. The number of aromatic nitrogens is 1. The van der Waals surface area contributed by atoms with Crippen LogP contribution in [-0.4, -0.2) is 33.4 Å². The van der Waals surface area contributed by atoms with E-state index in [4.69, 9.17) is 23.9 Å². The minimum atomic E-state index is 0.734. The van der Waals surface area contributed by atoms with Gasteiger partial charge in [0.2, 0.25) is 0 Å². The Morgan fingerprint density at radius 1 is 0.500 bits per heavy atom. The second-order valence-electron chi connectivity index (χ2n) is 9.37. The Balaban J connectivity index is 1.79. The van der Waals surface area contributed by atoms with Crippen molar-refractivity contribution in [3.8, 4) is 23.0 Å². The average molecular weight is 627 g/mol. The highest BCUT2D eigenvalue weighted by atomic mass is 79.9. The number of rotatable bonds is 10. The summed E-state index contributed by atoms with van der Waals surface area (Å²) in [5.41, 5.74) is 5.62. The summed E-state index contributed by atoms with van der Waals surface area (Å²) in [5, 5.41) is 0. The molecule has 0 saturated heterocycles. The summed E-state index contributed by atoms with van der Waals surface area (Å²) in [6.45, 7) is 2.09. The van der Waals surface area contributed by atoms with Gasteiger partial charge >= 0.3 is 0 Å². The molecule has 1 aromatic heterocycles. The van der Waals surface area contributed by atoms with Crippen molar-refractivity contribution >= 4 is 50.2 Å². The Morgan fingerprint density at radius 2 is 0.810 bits per heavy atom. The number of halogens is 1. The zero-order valence-electron chi connectivity index (χ0n) is 24.2. The number of hydrogen-bond acceptors (Lipinski definition) is 7. The lowest BCUT2D eigenvalue weighted by Gasteiger charge is -2.33. The minimum Gasteiger partial charge on any atom is -0.497 e. The van der Waals surface area contributed by atoms with Crippen LogP contribution in [0.3, 0.4) is 0 Å². The van der Waals surface area contributed by atoms with Crippen molar-refractivity contribution in [2.45, 2.75) is 6.92 Å². The lowest BCUT2D eigenvalue weighted by Crippen LogP contribution is -2.19. The third-order valence-electron chi connectivity index (χ3n) is 6.98. The summed E-state index contributed by atoms with van der Waals surface area (Å²) < 4.78 is 22.7. The van der Waals surface area contributed by atoms with Gasteiger partial charge in [-0.05, 0) is 125 Å². The fraction of sp³-hybridized carbons (Fsp3) is 0.147. The molecule has 0 spiro atoms. The average Bonchev–Trinajstić information content (AvgIpc) is 3.05. The van der Waals surface area contributed by atoms with Crippen LogP contribution >= 0.6 is 15.9 Å². The van der Waals surface area contributed by atoms with Gasteiger partial charge in [0.25, 0.3) is 0 Å². The van der Waals surface area contributed by atoms with Crippen LogP contribution in [0.4, 0.5) is 34.3 Å². The number of methoxy groups -OCH3 is 4. The van der Waals surface area contributed by atoms with E-state index in [1.165, 1.54) is 0 Å². The molecule has 7 nitrogen and oxygen atoms in total. The quantitative estimate of drug-likeness (QED) is 0.153. The van der Waals surface area contributed by atoms with Crippen LogP contribution in [0.15, 0.2) is 108 Å². The number of hydrogen-bond donors (Lipinski definition) is 0. The number of benzene rings is 4. The van der Waals surface area contributed by atoms with E-state index >= 15 is 0 Å². The molecule has 214 valence electrons. The standard InChI is InChI=1S/C34H32BrN3O4/c1-23-32(35)22-36-34(38(26-10-18-30(41-4)19-11-26)27-12-20-31(42-5)21-13-27)33(23)37(24-6-14-28(39-2)15-7-24)25-8-16-29(40-3)17-9-25/h6-22H,1-5H3. The van der Waals surface area contributed by atoms with Crippen molar-refractivity contribution in [1.29, 1.82) is 0 Å². The van der Waals surface area contributed by atoms with E-state index in [0.29, 0.717) is 0 Å². The monoisotopic (exact) mass is 625 g/mol. The zero-order chi connectivity index (χ0) is 29.6. The number of nitrogens with zero attached hydrogens (tertiary/aromatic N) is 3. The van der Waals surface area contributed by atoms with Crippen LogP contribution in [0, 0.1) is 6.92 Å². The molecular formula is C34H32BrN3O4. The van der Waals surface area contributed by atoms with Gasteiger partial charge in [0.1, 0.15) is 23.0 Å². The molecule has 0 radical (unpaired) electrons. The lowest BCUT2D eigenvalue weighted by molar-refractivity contribution is 0.414. The van der Waals surface area contributed by atoms with Gasteiger partial charge in [-0.2, -0.15) is 0 Å². The highest BCUT2D eigenvalue weighted by molar-refractivity contribution is 9.10. The van der Waals surface area contributed by atoms with E-state index in [2.05, 4.69) is 32.7 Å². The highest BCUT2D eigenvalue weighted by Crippen LogP contribution is 2.48. The first-order chi connectivity index (χ1) is 20.5. The molecule has 5 aromatic rings. The first-order valence-corrected chi connectivity index (χ1v) is 14.1. The molecular weight excluding hydrogens is 594 g/mol. The van der Waals surface area contributed by atoms with E-state index in [1.807, 2.05) is 103 Å². The SMILES string of the molecule is COc1ccc(N(c2ccc(OC)cc2)c2ncc(Br)c(C)c2N(c2ccc(OC)cc2)c2ccc(OC)cc2)cc1. The maximum absolute atomic E-state index is 5.47. The summed E-state index contributed by atoms with van der Waals surface area (Å²) in [5.74, 6) is 3.82. The molecule has 0 aliphatic heterocycles. The molecule has 1 heterocycles. The molecule has 0 atom stereocenters. The molecule has 0 N–H and O–H groups in total. The first kappa shape index (κ1) is 28.8. The summed E-state index contributed by atoms with van der Waals surface area (Å²) in [7, 11) is 6.65. The molecule has 0 aliphatic rings. The highest BCUT2D eigenvalue weighted by Gasteiger charge is 2.26. The van der Waals surface area contributed by atoms with Crippen LogP contribution in [0.5, 0.6) is 23.0 Å². The van der Waals surface area contributed by atoms with Crippen LogP contribution in [0.2, 0.25) is 0 Å². The lowest BCUT2D eigenvalue weighted by atomic mass is 10.1. The van der Waals surface area contributed by atoms with Crippen molar-refractivity contribution in [1.82, 2.24) is 4.98 Å². The number of pyridine rings is 1. The fourth-order valence-corrected chi connectivity index (χ4v) is 5.00. The second kappa shape index (κ2) is 12.9. The summed E-state index contributed by atoms with van der Waals surface area (Å²) >= 11 is 3.76. The summed E-state index contributed by atoms with van der Waals surface area (Å²) in [4.78, 5) is 9.37. The molecule has 5 rings (SSSR count). The zero-order valence-corrected chi connectivity index (χ0v) is 25.8. The molecule has 8 heteroatoms. The Hall–Kier alpha value is -4.69. The van der Waals surface area contributed by atoms with Gasteiger partial charge in [0, 0.05) is 33.4 Å². The Labute approximate surface area is 255 Å². The van der Waals surface area contributed by atoms with Crippen LogP contribution in [-0.2, 0) is 0 Å². The Bertz CT molecular complexity index is 1530. The molecule has 4 aromatic carbocycles. The van der Waals surface area contributed by atoms with Crippen molar-refractivity contribution in [2.24, 2.45) is 0 Å². The fourth-order valence-electron chi connectivity index (χ4n) is 4.71. The predicted molar refractivity (Wildman–Crippen MR) is 172 cm³/mol. The third kappa shape index (κ3) is 5.85. The Kier molecular flexibility index (Phi) is 8.83. The number of anilines is 6. The van der Waals surface area contributed by atoms with Crippen LogP contribution in [0.25, 0.3) is 0 Å². The van der Waals surface area contributed by atoms with Gasteiger partial charge in [0.05, 0.1) is 34.1 Å². The number of ether oxygens (including phenoxy) is 4. The topological polar surface area (TPSA) is 56.3 Å². The molecule has 0 fully saturated rings. The van der Waals surface area contributed by atoms with E-state index in [0.717, 1.165) is 67.3 Å². The predicted octanol–water partition coefficient (Wildman–Crippen LogP) is 9.13. The van der Waals surface area contributed by atoms with Crippen molar-refractivity contribution < 1.29 is 18.9 Å². The normalized spacial score (nSPS) is 10.6. The van der Waals surface area contributed by atoms with Crippen LogP contribution < -0.4 is 28.7 Å². The van der Waals surface area contributed by atoms with Gasteiger partial charge < -0.3 is 23.8 Å². The Morgan fingerprint density at radius 3 is 1.12 bits per heavy atom. The molecule has 42 heavy (non-hydrogen) atoms. The molecule has 0 amide bonds. The second-order valence-corrected chi connectivity index (χ2v) is 10.2. The molecule has 0 bridgehead atoms. The summed E-state index contributed by atoms with van der Waals surface area (Å²) in [6.07, 6.45) is 1.84. The van der Waals surface area contributed by atoms with Gasteiger partial charge in [-0.15, -0.1) is 0 Å². The van der Waals surface area contributed by atoms with Gasteiger partial charge in [0.15, 0.2) is 5.82 Å². The third-order valence-corrected chi connectivity index (χ3v) is 7.78. The molecule has 0 unspecified atom stereocenters. The van der Waals surface area contributed by atoms with Crippen molar-refractivity contribution in [2.75, 3.05) is 38.2 Å². The van der Waals surface area contributed by atoms with Gasteiger partial charge in [-0.25, -0.2) is 4.98 Å².